The standard InChI is InChI=1S/C21H19Cl2N4O/c1-26-5-7-27(8-6-26)21-24-13-20(14-25-21)28-19-4-2-3-15(11-19)16-9-17(22)12-18(23)10-16/h3-4,9-14H,5-8H2,1H3. The van der Waals surface area contributed by atoms with Crippen molar-refractivity contribution in [2.75, 3.05) is 38.1 Å². The molecule has 3 aromatic rings. The van der Waals surface area contributed by atoms with Gasteiger partial charge in [0.25, 0.3) is 0 Å². The Morgan fingerprint density at radius 2 is 1.54 bits per heavy atom. The second-order valence-electron chi connectivity index (χ2n) is 6.73. The topological polar surface area (TPSA) is 41.5 Å². The van der Waals surface area contributed by atoms with Gasteiger partial charge in [0.15, 0.2) is 5.75 Å². The van der Waals surface area contributed by atoms with Crippen molar-refractivity contribution in [2.45, 2.75) is 0 Å². The van der Waals surface area contributed by atoms with Crippen molar-refractivity contribution in [1.82, 2.24) is 14.9 Å². The molecule has 1 aliphatic heterocycles. The number of ether oxygens (including phenoxy) is 1. The Bertz CT molecular complexity index is 937. The normalized spacial score (nSPS) is 14.9. The quantitative estimate of drug-likeness (QED) is 0.614. The molecule has 0 saturated carbocycles. The summed E-state index contributed by atoms with van der Waals surface area (Å²) in [6.45, 7) is 3.88. The van der Waals surface area contributed by atoms with E-state index in [4.69, 9.17) is 27.9 Å². The highest BCUT2D eigenvalue weighted by Gasteiger charge is 2.16. The van der Waals surface area contributed by atoms with E-state index in [1.807, 2.05) is 24.3 Å². The number of hydrogen-bond donors (Lipinski definition) is 0. The molecular weight excluding hydrogens is 395 g/mol. The van der Waals surface area contributed by atoms with Crippen molar-refractivity contribution < 1.29 is 4.74 Å². The van der Waals surface area contributed by atoms with Crippen LogP contribution in [0.4, 0.5) is 5.95 Å². The average Bonchev–Trinajstić information content (AvgIpc) is 2.69. The first-order chi connectivity index (χ1) is 13.6. The summed E-state index contributed by atoms with van der Waals surface area (Å²) >= 11 is 12.2. The molecular formula is C21H19Cl2N4O. The zero-order valence-corrected chi connectivity index (χ0v) is 16.9. The van der Waals surface area contributed by atoms with Gasteiger partial charge >= 0.3 is 0 Å². The van der Waals surface area contributed by atoms with Crippen molar-refractivity contribution in [2.24, 2.45) is 0 Å². The Morgan fingerprint density at radius 3 is 2.21 bits per heavy atom. The molecule has 1 aromatic heterocycles. The number of benzene rings is 2. The SMILES string of the molecule is CN1CCN(c2ncc(Oc3c[c]cc(-c4cc(Cl)cc(Cl)c4)c3)cn2)CC1. The second kappa shape index (κ2) is 8.35. The van der Waals surface area contributed by atoms with Gasteiger partial charge in [-0.1, -0.05) is 23.2 Å². The Balaban J connectivity index is 1.48. The fourth-order valence-electron chi connectivity index (χ4n) is 3.06. The summed E-state index contributed by atoms with van der Waals surface area (Å²) in [5.41, 5.74) is 1.82. The molecule has 5 nitrogen and oxygen atoms in total. The first-order valence-electron chi connectivity index (χ1n) is 8.98. The van der Waals surface area contributed by atoms with E-state index < -0.39 is 0 Å². The summed E-state index contributed by atoms with van der Waals surface area (Å²) in [4.78, 5) is 13.4. The number of aromatic nitrogens is 2. The molecule has 143 valence electrons. The predicted octanol–water partition coefficient (Wildman–Crippen LogP) is 4.79. The van der Waals surface area contributed by atoms with Crippen LogP contribution in [-0.4, -0.2) is 48.1 Å². The molecule has 0 N–H and O–H groups in total. The van der Waals surface area contributed by atoms with Crippen LogP contribution in [0.15, 0.2) is 48.8 Å². The van der Waals surface area contributed by atoms with Gasteiger partial charge in [-0.2, -0.15) is 0 Å². The highest BCUT2D eigenvalue weighted by atomic mass is 35.5. The van der Waals surface area contributed by atoms with Gasteiger partial charge in [-0.05, 0) is 60.6 Å². The summed E-state index contributed by atoms with van der Waals surface area (Å²) in [7, 11) is 2.12. The van der Waals surface area contributed by atoms with Gasteiger partial charge in [0, 0.05) is 36.2 Å². The summed E-state index contributed by atoms with van der Waals surface area (Å²) in [6.07, 6.45) is 3.40. The number of nitrogens with zero attached hydrogens (tertiary/aromatic N) is 4. The molecule has 1 aliphatic rings. The van der Waals surface area contributed by atoms with Crippen molar-refractivity contribution in [3.05, 3.63) is 64.9 Å². The summed E-state index contributed by atoms with van der Waals surface area (Å²) < 4.78 is 5.91. The number of rotatable bonds is 4. The smallest absolute Gasteiger partial charge is 0.225 e. The number of piperazine rings is 1. The lowest BCUT2D eigenvalue weighted by atomic mass is 10.1. The number of hydrogen-bond acceptors (Lipinski definition) is 5. The summed E-state index contributed by atoms with van der Waals surface area (Å²) in [5.74, 6) is 1.95. The largest absolute Gasteiger partial charge is 0.454 e. The third-order valence-electron chi connectivity index (χ3n) is 4.59. The fourth-order valence-corrected chi connectivity index (χ4v) is 3.59. The van der Waals surface area contributed by atoms with Crippen molar-refractivity contribution in [1.29, 1.82) is 0 Å². The first kappa shape index (κ1) is 19.0. The van der Waals surface area contributed by atoms with Crippen LogP contribution < -0.4 is 9.64 Å². The highest BCUT2D eigenvalue weighted by molar-refractivity contribution is 6.35. The monoisotopic (exact) mass is 413 g/mol. The van der Waals surface area contributed by atoms with E-state index in [0.29, 0.717) is 21.5 Å². The van der Waals surface area contributed by atoms with E-state index >= 15 is 0 Å². The van der Waals surface area contributed by atoms with Gasteiger partial charge in [-0.25, -0.2) is 9.97 Å². The molecule has 28 heavy (non-hydrogen) atoms. The molecule has 2 heterocycles. The number of anilines is 1. The van der Waals surface area contributed by atoms with Crippen LogP contribution >= 0.6 is 23.2 Å². The molecule has 0 atom stereocenters. The molecule has 1 fully saturated rings. The van der Waals surface area contributed by atoms with Crippen LogP contribution in [0.25, 0.3) is 11.1 Å². The lowest BCUT2D eigenvalue weighted by Crippen LogP contribution is -2.45. The molecule has 4 rings (SSSR count). The van der Waals surface area contributed by atoms with Crippen molar-refractivity contribution in [3.8, 4) is 22.6 Å². The molecule has 1 saturated heterocycles. The summed E-state index contributed by atoms with van der Waals surface area (Å²) in [5, 5.41) is 1.17. The van der Waals surface area contributed by atoms with Crippen LogP contribution in [0.1, 0.15) is 0 Å². The third kappa shape index (κ3) is 4.55. The molecule has 0 amide bonds. The van der Waals surface area contributed by atoms with Gasteiger partial charge < -0.3 is 14.5 Å². The van der Waals surface area contributed by atoms with E-state index in [0.717, 1.165) is 43.3 Å². The lowest BCUT2D eigenvalue weighted by molar-refractivity contribution is 0.311. The number of likely N-dealkylation sites (N-methyl/N-ethyl adjacent to an activating group) is 1. The Hall–Kier alpha value is -2.34. The van der Waals surface area contributed by atoms with Crippen LogP contribution in [0.3, 0.4) is 0 Å². The van der Waals surface area contributed by atoms with Gasteiger partial charge in [-0.3, -0.25) is 0 Å². The Kier molecular flexibility index (Phi) is 5.67. The minimum absolute atomic E-state index is 0.576. The Morgan fingerprint density at radius 1 is 0.857 bits per heavy atom. The molecule has 0 unspecified atom stereocenters. The third-order valence-corrected chi connectivity index (χ3v) is 5.03. The number of halogens is 2. The van der Waals surface area contributed by atoms with Crippen LogP contribution in [-0.2, 0) is 0 Å². The van der Waals surface area contributed by atoms with Crippen molar-refractivity contribution in [3.63, 3.8) is 0 Å². The van der Waals surface area contributed by atoms with E-state index in [1.54, 1.807) is 24.5 Å². The average molecular weight is 414 g/mol. The van der Waals surface area contributed by atoms with Crippen molar-refractivity contribution >= 4 is 29.2 Å². The maximum absolute atomic E-state index is 6.11. The van der Waals surface area contributed by atoms with E-state index in [-0.39, 0.29) is 0 Å². The molecule has 2 aromatic carbocycles. The Labute approximate surface area is 174 Å². The zero-order chi connectivity index (χ0) is 19.5. The lowest BCUT2D eigenvalue weighted by Gasteiger charge is -2.32. The molecule has 0 bridgehead atoms. The fraction of sp³-hybridized carbons (Fsp3) is 0.238. The minimum Gasteiger partial charge on any atom is -0.454 e. The maximum Gasteiger partial charge on any atom is 0.225 e. The maximum atomic E-state index is 6.11. The van der Waals surface area contributed by atoms with E-state index in [1.165, 1.54) is 0 Å². The highest BCUT2D eigenvalue weighted by Crippen LogP contribution is 2.30. The molecule has 7 heteroatoms. The molecule has 1 radical (unpaired) electrons. The van der Waals surface area contributed by atoms with Gasteiger partial charge in [0.05, 0.1) is 12.4 Å². The second-order valence-corrected chi connectivity index (χ2v) is 7.60. The van der Waals surface area contributed by atoms with Gasteiger partial charge in [0.1, 0.15) is 5.75 Å². The summed E-state index contributed by atoms with van der Waals surface area (Å²) in [6, 6.07) is 14.0. The van der Waals surface area contributed by atoms with Crippen LogP contribution in [0.2, 0.25) is 10.0 Å². The van der Waals surface area contributed by atoms with Gasteiger partial charge in [-0.15, -0.1) is 0 Å². The van der Waals surface area contributed by atoms with Crippen LogP contribution in [0.5, 0.6) is 11.5 Å². The van der Waals surface area contributed by atoms with Crippen LogP contribution in [0, 0.1) is 6.07 Å². The predicted molar refractivity (Wildman–Crippen MR) is 113 cm³/mol. The van der Waals surface area contributed by atoms with Gasteiger partial charge in [0.2, 0.25) is 5.95 Å². The zero-order valence-electron chi connectivity index (χ0n) is 15.4. The minimum atomic E-state index is 0.576. The van der Waals surface area contributed by atoms with E-state index in [2.05, 4.69) is 32.9 Å². The first-order valence-corrected chi connectivity index (χ1v) is 9.73. The molecule has 0 spiro atoms. The van der Waals surface area contributed by atoms with E-state index in [9.17, 15) is 0 Å². The molecule has 0 aliphatic carbocycles.